The van der Waals surface area contributed by atoms with Gasteiger partial charge in [0.05, 0.1) is 0 Å². The number of benzene rings is 2. The molecule has 4 heteroatoms. The number of rotatable bonds is 3. The van der Waals surface area contributed by atoms with Crippen molar-refractivity contribution in [1.82, 2.24) is 10.2 Å². The predicted molar refractivity (Wildman–Crippen MR) is 84.5 cm³/mol. The minimum Gasteiger partial charge on any atom is -0.330 e. The molecule has 20 heavy (non-hydrogen) atoms. The highest BCUT2D eigenvalue weighted by molar-refractivity contribution is 7.18. The Morgan fingerprint density at radius 1 is 0.800 bits per heavy atom. The summed E-state index contributed by atoms with van der Waals surface area (Å²) in [7, 11) is 0. The van der Waals surface area contributed by atoms with E-state index >= 15 is 0 Å². The number of aromatic nitrogens is 2. The molecule has 100 valence electrons. The minimum atomic E-state index is 0.810. The molecule has 3 aromatic rings. The number of hydrogen-bond acceptors (Lipinski definition) is 4. The Morgan fingerprint density at radius 2 is 1.40 bits per heavy atom. The van der Waals surface area contributed by atoms with Crippen LogP contribution in [0.2, 0.25) is 0 Å². The van der Waals surface area contributed by atoms with Gasteiger partial charge in [0, 0.05) is 11.3 Å². The fourth-order valence-electron chi connectivity index (χ4n) is 1.85. The van der Waals surface area contributed by atoms with Gasteiger partial charge in [0.2, 0.25) is 5.13 Å². The van der Waals surface area contributed by atoms with E-state index in [0.29, 0.717) is 0 Å². The Hall–Kier alpha value is -2.20. The molecular weight excluding hydrogens is 266 g/mol. The first-order valence-electron chi connectivity index (χ1n) is 6.45. The van der Waals surface area contributed by atoms with Crippen molar-refractivity contribution in [2.24, 2.45) is 0 Å². The molecule has 0 amide bonds. The van der Waals surface area contributed by atoms with Gasteiger partial charge in [-0.15, -0.1) is 10.2 Å². The number of nitrogens with one attached hydrogen (secondary N) is 1. The zero-order valence-corrected chi connectivity index (χ0v) is 12.2. The van der Waals surface area contributed by atoms with Gasteiger partial charge in [-0.05, 0) is 26.0 Å². The lowest BCUT2D eigenvalue weighted by molar-refractivity contribution is 1.10. The molecule has 2 aromatic carbocycles. The maximum absolute atomic E-state index is 4.24. The highest BCUT2D eigenvalue weighted by Gasteiger charge is 2.06. The quantitative estimate of drug-likeness (QED) is 0.764. The van der Waals surface area contributed by atoms with E-state index in [1.165, 1.54) is 11.1 Å². The monoisotopic (exact) mass is 281 g/mol. The molecule has 0 saturated heterocycles. The molecule has 0 aliphatic carbocycles. The van der Waals surface area contributed by atoms with Crippen LogP contribution < -0.4 is 5.32 Å². The lowest BCUT2D eigenvalue weighted by Gasteiger charge is -2.01. The van der Waals surface area contributed by atoms with Crippen LogP contribution in [0.5, 0.6) is 0 Å². The highest BCUT2D eigenvalue weighted by Crippen LogP contribution is 2.28. The van der Waals surface area contributed by atoms with Crippen molar-refractivity contribution in [2.45, 2.75) is 13.8 Å². The first-order valence-corrected chi connectivity index (χ1v) is 7.26. The van der Waals surface area contributed by atoms with Gasteiger partial charge < -0.3 is 5.32 Å². The highest BCUT2D eigenvalue weighted by atomic mass is 32.1. The van der Waals surface area contributed by atoms with Crippen LogP contribution in [-0.2, 0) is 0 Å². The van der Waals surface area contributed by atoms with Crippen molar-refractivity contribution in [1.29, 1.82) is 0 Å². The molecule has 0 saturated carbocycles. The third-order valence-electron chi connectivity index (χ3n) is 3.03. The van der Waals surface area contributed by atoms with Gasteiger partial charge in [0.25, 0.3) is 0 Å². The smallest absolute Gasteiger partial charge is 0.210 e. The molecule has 1 N–H and O–H groups in total. The summed E-state index contributed by atoms with van der Waals surface area (Å²) in [6.07, 6.45) is 0. The average molecular weight is 281 g/mol. The summed E-state index contributed by atoms with van der Waals surface area (Å²) in [5.74, 6) is 0. The van der Waals surface area contributed by atoms with Crippen LogP contribution in [-0.4, -0.2) is 10.2 Å². The molecule has 3 nitrogen and oxygen atoms in total. The first kappa shape index (κ1) is 12.8. The number of aryl methyl sites for hydroxylation is 2. The fraction of sp³-hybridized carbons (Fsp3) is 0.125. The molecular formula is C16H15N3S. The standard InChI is InChI=1S/C16H15N3S/c1-11-3-7-13(8-4-11)15-18-19-16(20-15)17-14-9-5-12(2)6-10-14/h3-10H,1-2H3,(H,17,19). The molecule has 0 fully saturated rings. The van der Waals surface area contributed by atoms with Crippen molar-refractivity contribution in [3.63, 3.8) is 0 Å². The van der Waals surface area contributed by atoms with Crippen molar-refractivity contribution in [3.05, 3.63) is 59.7 Å². The largest absolute Gasteiger partial charge is 0.330 e. The Morgan fingerprint density at radius 3 is 2.05 bits per heavy atom. The summed E-state index contributed by atoms with van der Waals surface area (Å²) in [5, 5.41) is 13.4. The summed E-state index contributed by atoms with van der Waals surface area (Å²) >= 11 is 1.56. The molecule has 0 atom stereocenters. The summed E-state index contributed by atoms with van der Waals surface area (Å²) in [6.45, 7) is 4.15. The lowest BCUT2D eigenvalue weighted by atomic mass is 10.2. The molecule has 0 spiro atoms. The maximum atomic E-state index is 4.24. The average Bonchev–Trinajstić information content (AvgIpc) is 2.91. The minimum absolute atomic E-state index is 0.810. The van der Waals surface area contributed by atoms with E-state index in [4.69, 9.17) is 0 Å². The van der Waals surface area contributed by atoms with E-state index in [-0.39, 0.29) is 0 Å². The summed E-state index contributed by atoms with van der Waals surface area (Å²) in [5.41, 5.74) is 4.62. The third-order valence-corrected chi connectivity index (χ3v) is 3.91. The normalized spacial score (nSPS) is 10.5. The van der Waals surface area contributed by atoms with Crippen LogP contribution in [0.4, 0.5) is 10.8 Å². The van der Waals surface area contributed by atoms with E-state index < -0.39 is 0 Å². The zero-order chi connectivity index (χ0) is 13.9. The van der Waals surface area contributed by atoms with Crippen LogP contribution in [0.3, 0.4) is 0 Å². The van der Waals surface area contributed by atoms with E-state index in [2.05, 4.69) is 65.8 Å². The topological polar surface area (TPSA) is 37.8 Å². The Labute approximate surface area is 122 Å². The van der Waals surface area contributed by atoms with Gasteiger partial charge in [-0.1, -0.05) is 58.9 Å². The third kappa shape index (κ3) is 2.86. The van der Waals surface area contributed by atoms with Crippen molar-refractivity contribution >= 4 is 22.2 Å². The van der Waals surface area contributed by atoms with Crippen molar-refractivity contribution in [2.75, 3.05) is 5.32 Å². The van der Waals surface area contributed by atoms with Gasteiger partial charge in [0.15, 0.2) is 0 Å². The van der Waals surface area contributed by atoms with Gasteiger partial charge in [-0.3, -0.25) is 0 Å². The lowest BCUT2D eigenvalue weighted by Crippen LogP contribution is -1.88. The zero-order valence-electron chi connectivity index (χ0n) is 11.4. The molecule has 0 bridgehead atoms. The van der Waals surface area contributed by atoms with Crippen LogP contribution in [0.15, 0.2) is 48.5 Å². The number of nitrogens with zero attached hydrogens (tertiary/aromatic N) is 2. The summed E-state index contributed by atoms with van der Waals surface area (Å²) in [4.78, 5) is 0. The van der Waals surface area contributed by atoms with Gasteiger partial charge >= 0.3 is 0 Å². The second kappa shape index (κ2) is 5.43. The van der Waals surface area contributed by atoms with Gasteiger partial charge in [-0.25, -0.2) is 0 Å². The molecule has 3 rings (SSSR count). The summed E-state index contributed by atoms with van der Waals surface area (Å²) in [6, 6.07) is 16.6. The Bertz CT molecular complexity index is 699. The molecule has 0 aliphatic heterocycles. The number of hydrogen-bond donors (Lipinski definition) is 1. The van der Waals surface area contributed by atoms with Crippen LogP contribution in [0.1, 0.15) is 11.1 Å². The van der Waals surface area contributed by atoms with Crippen LogP contribution in [0.25, 0.3) is 10.6 Å². The SMILES string of the molecule is Cc1ccc(Nc2nnc(-c3ccc(C)cc3)s2)cc1. The molecule has 0 radical (unpaired) electrons. The Balaban J connectivity index is 1.80. The maximum Gasteiger partial charge on any atom is 0.210 e. The Kier molecular flexibility index (Phi) is 3.48. The van der Waals surface area contributed by atoms with E-state index in [1.54, 1.807) is 11.3 Å². The predicted octanol–water partition coefficient (Wildman–Crippen LogP) is 4.57. The fourth-order valence-corrected chi connectivity index (χ4v) is 2.62. The van der Waals surface area contributed by atoms with E-state index in [1.807, 2.05) is 12.1 Å². The van der Waals surface area contributed by atoms with E-state index in [0.717, 1.165) is 21.4 Å². The van der Waals surface area contributed by atoms with E-state index in [9.17, 15) is 0 Å². The second-order valence-corrected chi connectivity index (χ2v) is 5.75. The first-order chi connectivity index (χ1) is 9.70. The molecule has 1 aromatic heterocycles. The number of anilines is 2. The second-order valence-electron chi connectivity index (χ2n) is 4.77. The molecule has 0 unspecified atom stereocenters. The van der Waals surface area contributed by atoms with Crippen molar-refractivity contribution in [3.8, 4) is 10.6 Å². The van der Waals surface area contributed by atoms with Gasteiger partial charge in [0.1, 0.15) is 5.01 Å². The van der Waals surface area contributed by atoms with Crippen LogP contribution >= 0.6 is 11.3 Å². The molecule has 0 aliphatic rings. The van der Waals surface area contributed by atoms with Crippen molar-refractivity contribution < 1.29 is 0 Å². The molecule has 1 heterocycles. The van der Waals surface area contributed by atoms with Crippen LogP contribution in [0, 0.1) is 13.8 Å². The van der Waals surface area contributed by atoms with Gasteiger partial charge in [-0.2, -0.15) is 0 Å². The summed E-state index contributed by atoms with van der Waals surface area (Å²) < 4.78 is 0.